The topological polar surface area (TPSA) is 58.3 Å². The van der Waals surface area contributed by atoms with E-state index in [1.165, 1.54) is 12.3 Å². The zero-order chi connectivity index (χ0) is 15.5. The largest absolute Gasteiger partial charge is 0.369 e. The monoisotopic (exact) mass is 305 g/mol. The molecule has 2 aromatic heterocycles. The summed E-state index contributed by atoms with van der Waals surface area (Å²) in [5.41, 5.74) is 0.882. The van der Waals surface area contributed by atoms with Gasteiger partial charge in [0.2, 0.25) is 11.8 Å². The number of piperazine rings is 1. The molecule has 0 atom stereocenters. The number of hydrogen-bond donors (Lipinski definition) is 0. The molecular weight excluding hydrogens is 285 g/mol. The van der Waals surface area contributed by atoms with Crippen molar-refractivity contribution in [3.05, 3.63) is 36.0 Å². The van der Waals surface area contributed by atoms with E-state index in [0.29, 0.717) is 12.4 Å². The first-order valence-electron chi connectivity index (χ1n) is 7.53. The van der Waals surface area contributed by atoms with Crippen LogP contribution in [0.1, 0.15) is 31.5 Å². The molecule has 0 saturated carbocycles. The van der Waals surface area contributed by atoms with E-state index in [9.17, 15) is 4.39 Å². The molecule has 3 heterocycles. The summed E-state index contributed by atoms with van der Waals surface area (Å²) in [4.78, 5) is 12.4. The molecule has 118 valence electrons. The van der Waals surface area contributed by atoms with Crippen molar-refractivity contribution in [3.8, 4) is 0 Å². The molecule has 0 unspecified atom stereocenters. The Morgan fingerprint density at radius 1 is 1.27 bits per heavy atom. The van der Waals surface area contributed by atoms with Gasteiger partial charge in [-0.1, -0.05) is 19.0 Å². The molecule has 0 spiro atoms. The Morgan fingerprint density at radius 3 is 2.68 bits per heavy atom. The van der Waals surface area contributed by atoms with Crippen LogP contribution < -0.4 is 4.90 Å². The first-order chi connectivity index (χ1) is 10.6. The van der Waals surface area contributed by atoms with Gasteiger partial charge in [-0.05, 0) is 6.07 Å². The Labute approximate surface area is 128 Å². The minimum absolute atomic E-state index is 0.274. The minimum atomic E-state index is -0.438. The van der Waals surface area contributed by atoms with Crippen LogP contribution in [0.2, 0.25) is 0 Å². The van der Waals surface area contributed by atoms with E-state index in [1.807, 2.05) is 19.9 Å². The van der Waals surface area contributed by atoms with Gasteiger partial charge in [-0.25, -0.2) is 4.98 Å². The summed E-state index contributed by atoms with van der Waals surface area (Å²) in [6.07, 6.45) is 1.50. The number of pyridine rings is 1. The summed E-state index contributed by atoms with van der Waals surface area (Å²) in [5.74, 6) is 1.25. The van der Waals surface area contributed by atoms with Gasteiger partial charge in [-0.2, -0.15) is 9.37 Å². The van der Waals surface area contributed by atoms with Crippen molar-refractivity contribution in [3.63, 3.8) is 0 Å². The average Bonchev–Trinajstić information content (AvgIpc) is 2.97. The van der Waals surface area contributed by atoms with Crippen LogP contribution >= 0.6 is 0 Å². The van der Waals surface area contributed by atoms with Gasteiger partial charge in [0.1, 0.15) is 0 Å². The lowest BCUT2D eigenvalue weighted by Crippen LogP contribution is -2.46. The Kier molecular flexibility index (Phi) is 4.33. The smallest absolute Gasteiger partial charge is 0.240 e. The normalized spacial score (nSPS) is 16.5. The van der Waals surface area contributed by atoms with Crippen LogP contribution in [0.3, 0.4) is 0 Å². The summed E-state index contributed by atoms with van der Waals surface area (Å²) in [7, 11) is 0. The van der Waals surface area contributed by atoms with Crippen LogP contribution in [0.5, 0.6) is 0 Å². The van der Waals surface area contributed by atoms with Gasteiger partial charge in [0.05, 0.1) is 6.54 Å². The second-order valence-corrected chi connectivity index (χ2v) is 5.80. The highest BCUT2D eigenvalue weighted by atomic mass is 19.1. The van der Waals surface area contributed by atoms with E-state index in [0.717, 1.165) is 37.7 Å². The first-order valence-corrected chi connectivity index (χ1v) is 7.53. The zero-order valence-corrected chi connectivity index (χ0v) is 12.9. The maximum Gasteiger partial charge on any atom is 0.240 e. The zero-order valence-electron chi connectivity index (χ0n) is 12.9. The fourth-order valence-electron chi connectivity index (χ4n) is 2.51. The van der Waals surface area contributed by atoms with E-state index >= 15 is 0 Å². The molecule has 1 aliphatic heterocycles. The number of halogens is 1. The van der Waals surface area contributed by atoms with Gasteiger partial charge in [-0.15, -0.1) is 0 Å². The van der Waals surface area contributed by atoms with Crippen molar-refractivity contribution < 1.29 is 8.91 Å². The molecular formula is C15H20FN5O. The van der Waals surface area contributed by atoms with Crippen LogP contribution in [-0.2, 0) is 6.54 Å². The van der Waals surface area contributed by atoms with Crippen LogP contribution in [-0.4, -0.2) is 46.2 Å². The Balaban J connectivity index is 1.55. The van der Waals surface area contributed by atoms with E-state index in [-0.39, 0.29) is 5.92 Å². The summed E-state index contributed by atoms with van der Waals surface area (Å²) >= 11 is 0. The minimum Gasteiger partial charge on any atom is -0.369 e. The van der Waals surface area contributed by atoms with Crippen molar-refractivity contribution in [1.82, 2.24) is 20.0 Å². The van der Waals surface area contributed by atoms with Gasteiger partial charge in [0, 0.05) is 50.0 Å². The highest BCUT2D eigenvalue weighted by Gasteiger charge is 2.20. The molecule has 0 radical (unpaired) electrons. The number of anilines is 1. The molecule has 0 N–H and O–H groups in total. The second-order valence-electron chi connectivity index (χ2n) is 5.80. The molecule has 1 aliphatic rings. The lowest BCUT2D eigenvalue weighted by Gasteiger charge is -2.35. The third-order valence-corrected chi connectivity index (χ3v) is 3.81. The molecule has 22 heavy (non-hydrogen) atoms. The molecule has 0 bridgehead atoms. The molecule has 3 rings (SSSR count). The van der Waals surface area contributed by atoms with Crippen molar-refractivity contribution in [2.75, 3.05) is 31.1 Å². The number of rotatable bonds is 4. The maximum atomic E-state index is 13.2. The van der Waals surface area contributed by atoms with Crippen molar-refractivity contribution in [2.24, 2.45) is 0 Å². The number of hydrogen-bond acceptors (Lipinski definition) is 6. The second kappa shape index (κ2) is 6.39. The first kappa shape index (κ1) is 14.9. The van der Waals surface area contributed by atoms with Crippen molar-refractivity contribution in [2.45, 2.75) is 26.3 Å². The van der Waals surface area contributed by atoms with E-state index in [1.54, 1.807) is 0 Å². The standard InChI is InChI=1S/C15H20FN5O/c1-11(2)15-18-14(22-19-15)10-20-5-7-21(8-6-20)12-3-4-17-13(16)9-12/h3-4,9,11H,5-8,10H2,1-2H3. The summed E-state index contributed by atoms with van der Waals surface area (Å²) < 4.78 is 18.5. The van der Waals surface area contributed by atoms with Gasteiger partial charge >= 0.3 is 0 Å². The molecule has 1 fully saturated rings. The summed E-state index contributed by atoms with van der Waals surface area (Å²) in [6.45, 7) is 8.19. The molecule has 1 saturated heterocycles. The molecule has 0 aromatic carbocycles. The van der Waals surface area contributed by atoms with Gasteiger partial charge < -0.3 is 9.42 Å². The van der Waals surface area contributed by atoms with E-state index in [2.05, 4.69) is 24.9 Å². The third kappa shape index (κ3) is 3.41. The molecule has 0 amide bonds. The van der Waals surface area contributed by atoms with E-state index in [4.69, 9.17) is 4.52 Å². The van der Waals surface area contributed by atoms with E-state index < -0.39 is 5.95 Å². The van der Waals surface area contributed by atoms with Crippen molar-refractivity contribution in [1.29, 1.82) is 0 Å². The SMILES string of the molecule is CC(C)c1noc(CN2CCN(c3ccnc(F)c3)CC2)n1. The van der Waals surface area contributed by atoms with Gasteiger partial charge in [-0.3, -0.25) is 4.90 Å². The highest BCUT2D eigenvalue weighted by molar-refractivity contribution is 5.45. The number of nitrogens with zero attached hydrogens (tertiary/aromatic N) is 5. The highest BCUT2D eigenvalue weighted by Crippen LogP contribution is 2.17. The molecule has 7 heteroatoms. The Bertz CT molecular complexity index is 622. The summed E-state index contributed by atoms with van der Waals surface area (Å²) in [6, 6.07) is 3.31. The Hall–Kier alpha value is -2.02. The van der Waals surface area contributed by atoms with Gasteiger partial charge in [0.25, 0.3) is 0 Å². The summed E-state index contributed by atoms with van der Waals surface area (Å²) in [5, 5.41) is 3.98. The lowest BCUT2D eigenvalue weighted by molar-refractivity contribution is 0.215. The fraction of sp³-hybridized carbons (Fsp3) is 0.533. The average molecular weight is 305 g/mol. The maximum absolute atomic E-state index is 13.2. The van der Waals surface area contributed by atoms with Crippen LogP contribution in [0, 0.1) is 5.95 Å². The fourth-order valence-corrected chi connectivity index (χ4v) is 2.51. The Morgan fingerprint density at radius 2 is 2.05 bits per heavy atom. The third-order valence-electron chi connectivity index (χ3n) is 3.81. The predicted molar refractivity (Wildman–Crippen MR) is 80.1 cm³/mol. The van der Waals surface area contributed by atoms with Crippen LogP contribution in [0.25, 0.3) is 0 Å². The van der Waals surface area contributed by atoms with Crippen LogP contribution in [0.4, 0.5) is 10.1 Å². The molecule has 6 nitrogen and oxygen atoms in total. The number of aromatic nitrogens is 3. The molecule has 2 aromatic rings. The lowest BCUT2D eigenvalue weighted by atomic mass is 10.2. The quantitative estimate of drug-likeness (QED) is 0.806. The molecule has 0 aliphatic carbocycles. The van der Waals surface area contributed by atoms with Crippen molar-refractivity contribution >= 4 is 5.69 Å². The van der Waals surface area contributed by atoms with Gasteiger partial charge in [0.15, 0.2) is 5.82 Å². The predicted octanol–water partition coefficient (Wildman–Crippen LogP) is 2.05. The van der Waals surface area contributed by atoms with Crippen LogP contribution in [0.15, 0.2) is 22.9 Å².